The Morgan fingerprint density at radius 3 is 2.66 bits per heavy atom. The number of rotatable bonds is 8. The maximum absolute atomic E-state index is 4.75. The molecular formula is C23H30IN7S. The summed E-state index contributed by atoms with van der Waals surface area (Å²) < 4.78 is 1.97. The Labute approximate surface area is 209 Å². The molecule has 0 amide bonds. The molecule has 0 saturated carbocycles. The van der Waals surface area contributed by atoms with Gasteiger partial charge in [-0.25, -0.2) is 4.99 Å². The summed E-state index contributed by atoms with van der Waals surface area (Å²) in [4.78, 5) is 9.49. The number of guanidine groups is 1. The van der Waals surface area contributed by atoms with Crippen LogP contribution in [0.4, 0.5) is 0 Å². The Hall–Kier alpha value is -2.40. The summed E-state index contributed by atoms with van der Waals surface area (Å²) in [5, 5.41) is 18.7. The zero-order valence-electron chi connectivity index (χ0n) is 18.7. The highest BCUT2D eigenvalue weighted by Gasteiger charge is 2.07. The van der Waals surface area contributed by atoms with Gasteiger partial charge in [0.25, 0.3) is 0 Å². The van der Waals surface area contributed by atoms with E-state index in [4.69, 9.17) is 4.99 Å². The van der Waals surface area contributed by atoms with Crippen molar-refractivity contribution < 1.29 is 0 Å². The monoisotopic (exact) mass is 563 g/mol. The molecule has 0 saturated heterocycles. The fraction of sp³-hybridized carbons (Fsp3) is 0.348. The van der Waals surface area contributed by atoms with Gasteiger partial charge in [0, 0.05) is 42.1 Å². The minimum atomic E-state index is 0. The highest BCUT2D eigenvalue weighted by molar-refractivity contribution is 14.0. The second-order valence-corrected chi connectivity index (χ2v) is 8.72. The molecular weight excluding hydrogens is 533 g/mol. The number of halogens is 1. The van der Waals surface area contributed by atoms with E-state index < -0.39 is 0 Å². The van der Waals surface area contributed by atoms with Crippen molar-refractivity contribution in [1.29, 1.82) is 0 Å². The van der Waals surface area contributed by atoms with E-state index in [2.05, 4.69) is 74.6 Å². The number of aliphatic imine (C=N–C) groups is 1. The number of aromatic amines is 1. The van der Waals surface area contributed by atoms with Crippen LogP contribution in [0.15, 0.2) is 46.9 Å². The third-order valence-electron chi connectivity index (χ3n) is 5.41. The summed E-state index contributed by atoms with van der Waals surface area (Å²) >= 11 is 1.78. The molecule has 0 bridgehead atoms. The van der Waals surface area contributed by atoms with Gasteiger partial charge in [0.05, 0.1) is 0 Å². The molecule has 170 valence electrons. The quantitative estimate of drug-likeness (QED) is 0.171. The van der Waals surface area contributed by atoms with Crippen molar-refractivity contribution in [2.24, 2.45) is 12.0 Å². The van der Waals surface area contributed by atoms with Crippen LogP contribution in [0.25, 0.3) is 10.9 Å². The first-order valence-electron chi connectivity index (χ1n) is 10.6. The predicted molar refractivity (Wildman–Crippen MR) is 143 cm³/mol. The highest BCUT2D eigenvalue weighted by Crippen LogP contribution is 2.19. The maximum atomic E-state index is 4.75. The van der Waals surface area contributed by atoms with E-state index in [1.165, 1.54) is 26.9 Å². The van der Waals surface area contributed by atoms with Crippen molar-refractivity contribution in [2.45, 2.75) is 33.2 Å². The lowest BCUT2D eigenvalue weighted by Gasteiger charge is -2.12. The van der Waals surface area contributed by atoms with Crippen molar-refractivity contribution in [3.63, 3.8) is 0 Å². The van der Waals surface area contributed by atoms with Crippen LogP contribution in [0.2, 0.25) is 0 Å². The Kier molecular flexibility index (Phi) is 8.68. The molecule has 4 rings (SSSR count). The number of nitrogens with zero attached hydrogens (tertiary/aromatic N) is 4. The molecule has 9 heteroatoms. The molecule has 0 unspecified atom stereocenters. The van der Waals surface area contributed by atoms with Crippen LogP contribution in [0, 0.1) is 13.8 Å². The lowest BCUT2D eigenvalue weighted by Crippen LogP contribution is -2.39. The van der Waals surface area contributed by atoms with Crippen molar-refractivity contribution in [3.05, 3.63) is 69.6 Å². The van der Waals surface area contributed by atoms with Crippen molar-refractivity contribution >= 4 is 52.2 Å². The van der Waals surface area contributed by atoms with E-state index in [1.807, 2.05) is 18.5 Å². The summed E-state index contributed by atoms with van der Waals surface area (Å²) in [7, 11) is 1.97. The van der Waals surface area contributed by atoms with Gasteiger partial charge in [0.1, 0.15) is 12.4 Å². The zero-order valence-corrected chi connectivity index (χ0v) is 21.8. The SMILES string of the molecule is Cc1ccc2c(CCNC(=NCc3nnc(C)n3C)NCCc3cccs3)c[nH]c2c1.I. The van der Waals surface area contributed by atoms with Gasteiger partial charge in [-0.3, -0.25) is 0 Å². The topological polar surface area (TPSA) is 82.9 Å². The van der Waals surface area contributed by atoms with Crippen LogP contribution in [-0.4, -0.2) is 38.8 Å². The molecule has 1 aromatic carbocycles. The molecule has 7 nitrogen and oxygen atoms in total. The van der Waals surface area contributed by atoms with Gasteiger partial charge in [-0.2, -0.15) is 0 Å². The highest BCUT2D eigenvalue weighted by atomic mass is 127. The van der Waals surface area contributed by atoms with Crippen molar-refractivity contribution in [1.82, 2.24) is 30.4 Å². The number of fused-ring (bicyclic) bond motifs is 1. The molecule has 32 heavy (non-hydrogen) atoms. The number of H-pyrrole nitrogens is 1. The number of hydrogen-bond donors (Lipinski definition) is 3. The molecule has 0 aliphatic heterocycles. The second-order valence-electron chi connectivity index (χ2n) is 7.68. The zero-order chi connectivity index (χ0) is 21.6. The van der Waals surface area contributed by atoms with E-state index in [9.17, 15) is 0 Å². The fourth-order valence-electron chi connectivity index (χ4n) is 3.49. The van der Waals surface area contributed by atoms with Crippen molar-refractivity contribution in [2.75, 3.05) is 13.1 Å². The van der Waals surface area contributed by atoms with Gasteiger partial charge in [0.15, 0.2) is 11.8 Å². The summed E-state index contributed by atoms with van der Waals surface area (Å²) in [6.45, 7) is 6.17. The van der Waals surface area contributed by atoms with Crippen LogP contribution >= 0.6 is 35.3 Å². The molecule has 0 atom stereocenters. The molecule has 4 aromatic rings. The molecule has 0 aliphatic carbocycles. The summed E-state index contributed by atoms with van der Waals surface area (Å²) in [5.74, 6) is 2.54. The van der Waals surface area contributed by atoms with Gasteiger partial charge < -0.3 is 20.2 Å². The Morgan fingerprint density at radius 2 is 1.94 bits per heavy atom. The van der Waals surface area contributed by atoms with Gasteiger partial charge in [-0.1, -0.05) is 18.2 Å². The Bertz CT molecular complexity index is 1160. The minimum absolute atomic E-state index is 0. The number of hydrogen-bond acceptors (Lipinski definition) is 4. The first kappa shape index (κ1) is 24.2. The Balaban J connectivity index is 0.00000289. The number of aromatic nitrogens is 4. The average molecular weight is 564 g/mol. The fourth-order valence-corrected chi connectivity index (χ4v) is 4.20. The number of thiophene rings is 1. The third-order valence-corrected chi connectivity index (χ3v) is 6.35. The third kappa shape index (κ3) is 6.10. The molecule has 0 aliphatic rings. The number of aryl methyl sites for hydroxylation is 2. The number of nitrogens with one attached hydrogen (secondary N) is 3. The van der Waals surface area contributed by atoms with Gasteiger partial charge in [-0.05, 0) is 55.3 Å². The summed E-state index contributed by atoms with van der Waals surface area (Å²) in [5.41, 5.74) is 3.77. The first-order chi connectivity index (χ1) is 15.1. The average Bonchev–Trinajstić information content (AvgIpc) is 3.49. The first-order valence-corrected chi connectivity index (χ1v) is 11.4. The van der Waals surface area contributed by atoms with Crippen LogP contribution in [0.5, 0.6) is 0 Å². The standard InChI is InChI=1S/C23H29N7S.HI/c1-16-6-7-20-18(14-26-21(20)13-16)8-10-24-23(25-11-9-19-5-4-12-31-19)27-15-22-29-28-17(2)30(22)3;/h4-7,12-14,26H,8-11,15H2,1-3H3,(H2,24,25,27);1H. The second kappa shape index (κ2) is 11.5. The molecule has 3 aromatic heterocycles. The molecule has 0 fully saturated rings. The van der Waals surface area contributed by atoms with E-state index in [1.54, 1.807) is 11.3 Å². The maximum Gasteiger partial charge on any atom is 0.191 e. The van der Waals surface area contributed by atoms with Crippen LogP contribution in [-0.2, 0) is 26.4 Å². The largest absolute Gasteiger partial charge is 0.361 e. The lowest BCUT2D eigenvalue weighted by atomic mass is 10.1. The van der Waals surface area contributed by atoms with E-state index in [0.29, 0.717) is 6.54 Å². The van der Waals surface area contributed by atoms with Crippen LogP contribution < -0.4 is 10.6 Å². The smallest absolute Gasteiger partial charge is 0.191 e. The van der Waals surface area contributed by atoms with Gasteiger partial charge in [0.2, 0.25) is 0 Å². The minimum Gasteiger partial charge on any atom is -0.361 e. The van der Waals surface area contributed by atoms with Crippen LogP contribution in [0.3, 0.4) is 0 Å². The normalized spacial score (nSPS) is 11.5. The van der Waals surface area contributed by atoms with E-state index in [0.717, 1.165) is 43.5 Å². The lowest BCUT2D eigenvalue weighted by molar-refractivity contribution is 0.747. The van der Waals surface area contributed by atoms with Gasteiger partial charge in [-0.15, -0.1) is 45.5 Å². The predicted octanol–water partition coefficient (Wildman–Crippen LogP) is 4.11. The molecule has 0 radical (unpaired) electrons. The van der Waals surface area contributed by atoms with Gasteiger partial charge >= 0.3 is 0 Å². The number of benzene rings is 1. The van der Waals surface area contributed by atoms with E-state index >= 15 is 0 Å². The summed E-state index contributed by atoms with van der Waals surface area (Å²) in [6, 6.07) is 10.8. The molecule has 3 heterocycles. The van der Waals surface area contributed by atoms with Crippen molar-refractivity contribution in [3.8, 4) is 0 Å². The molecule has 3 N–H and O–H groups in total. The molecule has 0 spiro atoms. The van der Waals surface area contributed by atoms with E-state index in [-0.39, 0.29) is 24.0 Å². The van der Waals surface area contributed by atoms with Crippen LogP contribution in [0.1, 0.15) is 27.7 Å². The summed E-state index contributed by atoms with van der Waals surface area (Å²) in [6.07, 6.45) is 4.00. The Morgan fingerprint density at radius 1 is 1.12 bits per heavy atom.